The van der Waals surface area contributed by atoms with Gasteiger partial charge in [-0.3, -0.25) is 4.79 Å². The molecule has 0 bridgehead atoms. The molecule has 2 aliphatic rings. The number of amides is 1. The molecule has 39 heavy (non-hydrogen) atoms. The molecule has 0 spiro atoms. The van der Waals surface area contributed by atoms with Crippen molar-refractivity contribution in [2.75, 3.05) is 25.2 Å². The molecule has 7 heteroatoms. The molecule has 2 heterocycles. The smallest absolute Gasteiger partial charge is 0.232 e. The zero-order valence-electron chi connectivity index (χ0n) is 22.9. The summed E-state index contributed by atoms with van der Waals surface area (Å²) < 4.78 is 17.2. The van der Waals surface area contributed by atoms with Crippen molar-refractivity contribution in [3.8, 4) is 11.5 Å². The summed E-state index contributed by atoms with van der Waals surface area (Å²) >= 11 is 6.23. The first kappa shape index (κ1) is 27.5. The second kappa shape index (κ2) is 11.2. The van der Waals surface area contributed by atoms with Crippen LogP contribution >= 0.6 is 11.6 Å². The molecule has 6 nitrogen and oxygen atoms in total. The number of carbonyl (C=O) groups excluding carboxylic acids is 1. The van der Waals surface area contributed by atoms with E-state index < -0.39 is 5.60 Å². The number of aliphatic hydroxyl groups is 1. The van der Waals surface area contributed by atoms with Crippen LogP contribution in [0.5, 0.6) is 11.5 Å². The van der Waals surface area contributed by atoms with Gasteiger partial charge in [0.15, 0.2) is 11.5 Å². The van der Waals surface area contributed by atoms with E-state index in [4.69, 9.17) is 25.8 Å². The van der Waals surface area contributed by atoms with Crippen LogP contribution in [0.2, 0.25) is 5.02 Å². The van der Waals surface area contributed by atoms with E-state index in [2.05, 4.69) is 0 Å². The van der Waals surface area contributed by atoms with Crippen LogP contribution in [0.4, 0.5) is 5.69 Å². The Morgan fingerprint density at radius 2 is 1.69 bits per heavy atom. The summed E-state index contributed by atoms with van der Waals surface area (Å²) in [7, 11) is 1.61. The minimum absolute atomic E-state index is 0.0222. The number of rotatable bonds is 7. The zero-order chi connectivity index (χ0) is 27.7. The summed E-state index contributed by atoms with van der Waals surface area (Å²) in [4.78, 5) is 15.6. The zero-order valence-corrected chi connectivity index (χ0v) is 23.7. The lowest BCUT2D eigenvalue weighted by Gasteiger charge is -2.39. The highest BCUT2D eigenvalue weighted by molar-refractivity contribution is 6.30. The highest BCUT2D eigenvalue weighted by Crippen LogP contribution is 2.44. The molecule has 2 aliphatic heterocycles. The molecule has 1 saturated heterocycles. The van der Waals surface area contributed by atoms with Crippen molar-refractivity contribution < 1.29 is 24.1 Å². The maximum Gasteiger partial charge on any atom is 0.232 e. The number of fused-ring (bicyclic) bond motifs is 1. The van der Waals surface area contributed by atoms with E-state index in [-0.39, 0.29) is 30.4 Å². The molecule has 0 aliphatic carbocycles. The van der Waals surface area contributed by atoms with Crippen LogP contribution < -0.4 is 14.4 Å². The second-order valence-corrected chi connectivity index (χ2v) is 11.3. The first-order valence-corrected chi connectivity index (χ1v) is 13.9. The molecular formula is C32H36ClNO5. The van der Waals surface area contributed by atoms with Crippen LogP contribution in [0, 0.1) is 5.92 Å². The van der Waals surface area contributed by atoms with Gasteiger partial charge in [-0.2, -0.15) is 0 Å². The van der Waals surface area contributed by atoms with Gasteiger partial charge in [-0.05, 0) is 98.2 Å². The Balaban J connectivity index is 1.58. The van der Waals surface area contributed by atoms with E-state index in [1.165, 1.54) is 0 Å². The lowest BCUT2D eigenvalue weighted by molar-refractivity contribution is -0.118. The summed E-state index contributed by atoms with van der Waals surface area (Å²) in [5.41, 5.74) is 3.45. The van der Waals surface area contributed by atoms with Gasteiger partial charge in [-0.15, -0.1) is 0 Å². The Hall–Kier alpha value is -3.06. The van der Waals surface area contributed by atoms with E-state index in [0.29, 0.717) is 29.7 Å². The minimum atomic E-state index is -0.976. The van der Waals surface area contributed by atoms with Crippen molar-refractivity contribution in [3.05, 3.63) is 87.9 Å². The van der Waals surface area contributed by atoms with Crippen molar-refractivity contribution in [1.29, 1.82) is 0 Å². The van der Waals surface area contributed by atoms with Gasteiger partial charge in [0.25, 0.3) is 0 Å². The second-order valence-electron chi connectivity index (χ2n) is 10.8. The first-order valence-electron chi connectivity index (χ1n) is 13.5. The lowest BCUT2D eigenvalue weighted by atomic mass is 9.78. The molecule has 2 atom stereocenters. The SMILES string of the molecule is COc1cc2c(cc1OC(C)C)[C@H](c1ccc(Cl)cc1)N(c1ccc(C(C)(O)C3CCOCC3)cc1)C(=O)C2. The number of halogens is 1. The number of benzene rings is 3. The van der Waals surface area contributed by atoms with Crippen molar-refractivity contribution in [2.45, 2.75) is 57.8 Å². The average molecular weight is 550 g/mol. The van der Waals surface area contributed by atoms with Crippen molar-refractivity contribution in [2.24, 2.45) is 5.92 Å². The van der Waals surface area contributed by atoms with E-state index in [0.717, 1.165) is 40.8 Å². The molecule has 1 amide bonds. The predicted octanol–water partition coefficient (Wildman–Crippen LogP) is 6.45. The Kier molecular flexibility index (Phi) is 7.90. The van der Waals surface area contributed by atoms with Crippen LogP contribution in [0.25, 0.3) is 0 Å². The number of carbonyl (C=O) groups is 1. The summed E-state index contributed by atoms with van der Waals surface area (Å²) in [6, 6.07) is 18.9. The molecule has 0 aromatic heterocycles. The van der Waals surface area contributed by atoms with Gasteiger partial charge in [-0.1, -0.05) is 35.9 Å². The Morgan fingerprint density at radius 1 is 1.03 bits per heavy atom. The van der Waals surface area contributed by atoms with Gasteiger partial charge in [0.2, 0.25) is 5.91 Å². The quantitative estimate of drug-likeness (QED) is 0.367. The van der Waals surface area contributed by atoms with Crippen LogP contribution in [-0.2, 0) is 21.6 Å². The number of hydrogen-bond acceptors (Lipinski definition) is 5. The predicted molar refractivity (Wildman–Crippen MR) is 153 cm³/mol. The minimum Gasteiger partial charge on any atom is -0.493 e. The van der Waals surface area contributed by atoms with Gasteiger partial charge >= 0.3 is 0 Å². The largest absolute Gasteiger partial charge is 0.493 e. The molecule has 206 valence electrons. The molecular weight excluding hydrogens is 514 g/mol. The van der Waals surface area contributed by atoms with Crippen LogP contribution in [0.15, 0.2) is 60.7 Å². The number of nitrogens with zero attached hydrogens (tertiary/aromatic N) is 1. The molecule has 5 rings (SSSR count). The van der Waals surface area contributed by atoms with Gasteiger partial charge in [0.05, 0.1) is 31.3 Å². The standard InChI is InChI=1S/C32H36ClNO5/c1-20(2)39-29-19-27-22(17-28(29)37-4)18-30(35)34(31(27)21-5-9-25(33)10-6-21)26-11-7-23(8-12-26)32(3,36)24-13-15-38-16-14-24/h5-12,17,19-20,24,31,36H,13-16,18H2,1-4H3/t31-,32?/m0/s1. The fraction of sp³-hybridized carbons (Fsp3) is 0.406. The number of methoxy groups -OCH3 is 1. The van der Waals surface area contributed by atoms with Crippen molar-refractivity contribution in [1.82, 2.24) is 0 Å². The molecule has 0 radical (unpaired) electrons. The topological polar surface area (TPSA) is 68.2 Å². The third kappa shape index (κ3) is 5.51. The third-order valence-corrected chi connectivity index (χ3v) is 8.14. The first-order chi connectivity index (χ1) is 18.7. The highest BCUT2D eigenvalue weighted by atomic mass is 35.5. The Labute approximate surface area is 235 Å². The summed E-state index contributed by atoms with van der Waals surface area (Å²) in [6.07, 6.45) is 1.83. The summed E-state index contributed by atoms with van der Waals surface area (Å²) in [5, 5.41) is 12.1. The fourth-order valence-corrected chi connectivity index (χ4v) is 5.91. The van der Waals surface area contributed by atoms with Crippen molar-refractivity contribution in [3.63, 3.8) is 0 Å². The van der Waals surface area contributed by atoms with E-state index in [9.17, 15) is 9.90 Å². The van der Waals surface area contributed by atoms with Crippen LogP contribution in [0.3, 0.4) is 0 Å². The molecule has 1 fully saturated rings. The molecule has 1 N–H and O–H groups in total. The molecule has 0 saturated carbocycles. The normalized spacial score (nSPS) is 19.5. The fourth-order valence-electron chi connectivity index (χ4n) is 5.78. The number of anilines is 1. The monoisotopic (exact) mass is 549 g/mol. The molecule has 1 unspecified atom stereocenters. The van der Waals surface area contributed by atoms with Gasteiger partial charge in [-0.25, -0.2) is 0 Å². The maximum absolute atomic E-state index is 13.8. The van der Waals surface area contributed by atoms with Crippen molar-refractivity contribution >= 4 is 23.2 Å². The van der Waals surface area contributed by atoms with Crippen LogP contribution in [-0.4, -0.2) is 37.4 Å². The Bertz CT molecular complexity index is 1310. The van der Waals surface area contributed by atoms with E-state index in [1.807, 2.05) is 86.3 Å². The maximum atomic E-state index is 13.8. The lowest BCUT2D eigenvalue weighted by Crippen LogP contribution is -2.41. The van der Waals surface area contributed by atoms with Gasteiger partial charge in [0, 0.05) is 23.9 Å². The number of ether oxygens (including phenoxy) is 3. The Morgan fingerprint density at radius 3 is 2.31 bits per heavy atom. The summed E-state index contributed by atoms with van der Waals surface area (Å²) in [6.45, 7) is 7.15. The van der Waals surface area contributed by atoms with E-state index in [1.54, 1.807) is 7.11 Å². The summed E-state index contributed by atoms with van der Waals surface area (Å²) in [5.74, 6) is 1.35. The van der Waals surface area contributed by atoms with Crippen LogP contribution in [0.1, 0.15) is 61.9 Å². The molecule has 3 aromatic rings. The average Bonchev–Trinajstić information content (AvgIpc) is 2.93. The third-order valence-electron chi connectivity index (χ3n) is 7.88. The molecule has 3 aromatic carbocycles. The number of hydrogen-bond donors (Lipinski definition) is 1. The van der Waals surface area contributed by atoms with Gasteiger partial charge in [0.1, 0.15) is 0 Å². The van der Waals surface area contributed by atoms with Gasteiger partial charge < -0.3 is 24.2 Å². The highest BCUT2D eigenvalue weighted by Gasteiger charge is 2.38. The van der Waals surface area contributed by atoms with E-state index >= 15 is 0 Å².